The molecule has 2 saturated heterocycles. The first-order chi connectivity index (χ1) is 12.0. The van der Waals surface area contributed by atoms with Gasteiger partial charge in [-0.2, -0.15) is 0 Å². The summed E-state index contributed by atoms with van der Waals surface area (Å²) in [5.74, 6) is 0.370. The minimum absolute atomic E-state index is 0.0112. The minimum atomic E-state index is -3.52. The fraction of sp³-hybridized carbons (Fsp3) is 0.667. The standard InChI is InChI=1S/C12H15FO3S.C6H11IO/c13-11-3-1-2-4-12(11)17(14,15)9-10-5-7-16-8-6-10;7-5-6-1-3-8-4-2-6/h1-4,10H,5-9H2;6H,1-5H2. The highest BCUT2D eigenvalue weighted by Crippen LogP contribution is 2.22. The van der Waals surface area contributed by atoms with E-state index in [2.05, 4.69) is 22.6 Å². The van der Waals surface area contributed by atoms with E-state index in [1.807, 2.05) is 0 Å². The maximum atomic E-state index is 13.4. The van der Waals surface area contributed by atoms with Gasteiger partial charge in [-0.1, -0.05) is 34.7 Å². The van der Waals surface area contributed by atoms with Crippen molar-refractivity contribution in [3.63, 3.8) is 0 Å². The first-order valence-corrected chi connectivity index (χ1v) is 11.9. The number of hydrogen-bond acceptors (Lipinski definition) is 4. The van der Waals surface area contributed by atoms with Crippen LogP contribution in [0.5, 0.6) is 0 Å². The summed E-state index contributed by atoms with van der Waals surface area (Å²) in [5, 5.41) is 0. The van der Waals surface area contributed by atoms with Crippen molar-refractivity contribution in [1.82, 2.24) is 0 Å². The summed E-state index contributed by atoms with van der Waals surface area (Å²) >= 11 is 2.45. The Morgan fingerprint density at radius 3 is 1.96 bits per heavy atom. The molecule has 0 spiro atoms. The summed E-state index contributed by atoms with van der Waals surface area (Å²) in [6, 6.07) is 5.53. The largest absolute Gasteiger partial charge is 0.381 e. The molecule has 2 aliphatic heterocycles. The third kappa shape index (κ3) is 7.11. The Labute approximate surface area is 163 Å². The van der Waals surface area contributed by atoms with E-state index in [1.54, 1.807) is 6.07 Å². The van der Waals surface area contributed by atoms with E-state index in [0.29, 0.717) is 13.2 Å². The molecule has 1 aromatic rings. The van der Waals surface area contributed by atoms with E-state index in [1.165, 1.54) is 35.5 Å². The number of benzene rings is 1. The van der Waals surface area contributed by atoms with Crippen LogP contribution in [-0.4, -0.2) is 45.0 Å². The molecule has 2 aliphatic rings. The third-order valence-corrected chi connectivity index (χ3v) is 7.68. The normalized spacial score (nSPS) is 19.9. The molecule has 7 heteroatoms. The molecule has 0 aromatic heterocycles. The molecule has 0 unspecified atom stereocenters. The monoisotopic (exact) mass is 484 g/mol. The molecule has 142 valence electrons. The van der Waals surface area contributed by atoms with Crippen LogP contribution in [0.3, 0.4) is 0 Å². The SMILES string of the molecule is ICC1CCOCC1.O=S(=O)(CC1CCOCC1)c1ccccc1F. The molecule has 4 nitrogen and oxygen atoms in total. The average Bonchev–Trinajstić information content (AvgIpc) is 2.63. The summed E-state index contributed by atoms with van der Waals surface area (Å²) < 4.78 is 49.2. The molecule has 2 fully saturated rings. The number of alkyl halides is 1. The predicted molar refractivity (Wildman–Crippen MR) is 104 cm³/mol. The highest BCUT2D eigenvalue weighted by Gasteiger charge is 2.25. The third-order valence-electron chi connectivity index (χ3n) is 4.53. The highest BCUT2D eigenvalue weighted by atomic mass is 127. The van der Waals surface area contributed by atoms with E-state index in [-0.39, 0.29) is 16.6 Å². The van der Waals surface area contributed by atoms with Crippen LogP contribution in [0.1, 0.15) is 25.7 Å². The van der Waals surface area contributed by atoms with Gasteiger partial charge >= 0.3 is 0 Å². The highest BCUT2D eigenvalue weighted by molar-refractivity contribution is 14.1. The van der Waals surface area contributed by atoms with Crippen molar-refractivity contribution in [2.45, 2.75) is 30.6 Å². The van der Waals surface area contributed by atoms with Crippen molar-refractivity contribution in [1.29, 1.82) is 0 Å². The molecule has 0 radical (unpaired) electrons. The van der Waals surface area contributed by atoms with Gasteiger partial charge in [-0.3, -0.25) is 0 Å². The van der Waals surface area contributed by atoms with Crippen LogP contribution < -0.4 is 0 Å². The van der Waals surface area contributed by atoms with Crippen molar-refractivity contribution in [3.05, 3.63) is 30.1 Å². The fourth-order valence-corrected chi connectivity index (χ4v) is 5.58. The summed E-state index contributed by atoms with van der Waals surface area (Å²) in [5.41, 5.74) is 0. The quantitative estimate of drug-likeness (QED) is 0.481. The summed E-state index contributed by atoms with van der Waals surface area (Å²) in [6.45, 7) is 3.18. The zero-order valence-corrected chi connectivity index (χ0v) is 17.3. The van der Waals surface area contributed by atoms with Gasteiger partial charge in [0.05, 0.1) is 5.75 Å². The zero-order valence-electron chi connectivity index (χ0n) is 14.3. The molecule has 0 amide bonds. The maximum Gasteiger partial charge on any atom is 0.181 e. The number of rotatable bonds is 4. The maximum absolute atomic E-state index is 13.4. The van der Waals surface area contributed by atoms with Crippen molar-refractivity contribution < 1.29 is 22.3 Å². The molecule has 0 saturated carbocycles. The van der Waals surface area contributed by atoms with Crippen LogP contribution in [-0.2, 0) is 19.3 Å². The Kier molecular flexibility index (Phi) is 9.09. The fourth-order valence-electron chi connectivity index (χ4n) is 2.91. The van der Waals surface area contributed by atoms with Gasteiger partial charge in [-0.15, -0.1) is 0 Å². The molecule has 0 bridgehead atoms. The Balaban J connectivity index is 0.000000236. The predicted octanol–water partition coefficient (Wildman–Crippen LogP) is 3.87. The van der Waals surface area contributed by atoms with Crippen LogP contribution in [0.2, 0.25) is 0 Å². The molecule has 25 heavy (non-hydrogen) atoms. The van der Waals surface area contributed by atoms with Gasteiger partial charge in [-0.05, 0) is 49.7 Å². The van der Waals surface area contributed by atoms with Crippen LogP contribution in [0.15, 0.2) is 29.2 Å². The number of ether oxygens (including phenoxy) is 2. The second-order valence-corrected chi connectivity index (χ2v) is 9.36. The Hall–Kier alpha value is -0.250. The number of halogens is 2. The molecule has 1 aromatic carbocycles. The van der Waals surface area contributed by atoms with E-state index in [0.717, 1.165) is 32.0 Å². The Morgan fingerprint density at radius 2 is 1.48 bits per heavy atom. The summed E-state index contributed by atoms with van der Waals surface area (Å²) in [6.07, 6.45) is 4.02. The first-order valence-electron chi connectivity index (χ1n) is 8.71. The second kappa shape index (κ2) is 10.8. The smallest absolute Gasteiger partial charge is 0.181 e. The topological polar surface area (TPSA) is 52.6 Å². The van der Waals surface area contributed by atoms with Crippen LogP contribution in [0.25, 0.3) is 0 Å². The van der Waals surface area contributed by atoms with Gasteiger partial charge in [-0.25, -0.2) is 12.8 Å². The van der Waals surface area contributed by atoms with E-state index in [4.69, 9.17) is 9.47 Å². The van der Waals surface area contributed by atoms with E-state index >= 15 is 0 Å². The zero-order chi connectivity index (χ0) is 18.1. The van der Waals surface area contributed by atoms with Gasteiger partial charge in [0.2, 0.25) is 0 Å². The molecular formula is C18H26FIO4S. The van der Waals surface area contributed by atoms with E-state index in [9.17, 15) is 12.8 Å². The lowest BCUT2D eigenvalue weighted by Crippen LogP contribution is -2.24. The average molecular weight is 484 g/mol. The molecule has 0 atom stereocenters. The minimum Gasteiger partial charge on any atom is -0.381 e. The van der Waals surface area contributed by atoms with Crippen molar-refractivity contribution in [2.24, 2.45) is 11.8 Å². The van der Waals surface area contributed by atoms with Crippen molar-refractivity contribution in [2.75, 3.05) is 36.6 Å². The van der Waals surface area contributed by atoms with Crippen LogP contribution in [0, 0.1) is 17.7 Å². The van der Waals surface area contributed by atoms with Crippen LogP contribution >= 0.6 is 22.6 Å². The first kappa shape index (κ1) is 21.1. The lowest BCUT2D eigenvalue weighted by Gasteiger charge is -2.21. The number of hydrogen-bond donors (Lipinski definition) is 0. The van der Waals surface area contributed by atoms with E-state index < -0.39 is 15.7 Å². The van der Waals surface area contributed by atoms with Crippen molar-refractivity contribution in [3.8, 4) is 0 Å². The molecule has 2 heterocycles. The van der Waals surface area contributed by atoms with Gasteiger partial charge in [0.25, 0.3) is 0 Å². The Morgan fingerprint density at radius 1 is 0.960 bits per heavy atom. The Bertz CT molecular complexity index is 611. The lowest BCUT2D eigenvalue weighted by atomic mass is 10.0. The lowest BCUT2D eigenvalue weighted by molar-refractivity contribution is 0.0723. The van der Waals surface area contributed by atoms with Crippen molar-refractivity contribution >= 4 is 32.4 Å². The van der Waals surface area contributed by atoms with Gasteiger partial charge in [0.15, 0.2) is 9.84 Å². The summed E-state index contributed by atoms with van der Waals surface area (Å²) in [4.78, 5) is -0.188. The second-order valence-electron chi connectivity index (χ2n) is 6.48. The molecule has 3 rings (SSSR count). The number of sulfone groups is 1. The van der Waals surface area contributed by atoms with Gasteiger partial charge in [0, 0.05) is 30.9 Å². The molecule has 0 N–H and O–H groups in total. The summed E-state index contributed by atoms with van der Waals surface area (Å²) in [7, 11) is -3.52. The van der Waals surface area contributed by atoms with Gasteiger partial charge < -0.3 is 9.47 Å². The van der Waals surface area contributed by atoms with Gasteiger partial charge in [0.1, 0.15) is 10.7 Å². The molecular weight excluding hydrogens is 458 g/mol. The van der Waals surface area contributed by atoms with Crippen LogP contribution in [0.4, 0.5) is 4.39 Å². The molecule has 0 aliphatic carbocycles.